The van der Waals surface area contributed by atoms with Crippen molar-refractivity contribution in [3.63, 3.8) is 0 Å². The molecule has 1 N–H and O–H groups in total. The molecule has 0 saturated carbocycles. The Kier molecular flexibility index (Phi) is 5.50. The van der Waals surface area contributed by atoms with Crippen LogP contribution in [0, 0.1) is 0 Å². The monoisotopic (exact) mass is 419 g/mol. The molecule has 0 spiro atoms. The van der Waals surface area contributed by atoms with Crippen LogP contribution in [0.15, 0.2) is 77.6 Å². The average Bonchev–Trinajstić information content (AvgIpc) is 2.75. The van der Waals surface area contributed by atoms with E-state index < -0.39 is 0 Å². The summed E-state index contributed by atoms with van der Waals surface area (Å²) in [5.74, 6) is 0.932. The van der Waals surface area contributed by atoms with E-state index >= 15 is 0 Å². The first-order chi connectivity index (χ1) is 14.5. The summed E-state index contributed by atoms with van der Waals surface area (Å²) in [6.07, 6.45) is 0.0481. The summed E-state index contributed by atoms with van der Waals surface area (Å²) in [6.45, 7) is 0. The SMILES string of the molecule is Cn1nc(CC(=O)Nc2ccc(Oc3ccccc3Cl)cc2)c2ccccc2c1=O. The van der Waals surface area contributed by atoms with E-state index in [0.717, 1.165) is 0 Å². The highest BCUT2D eigenvalue weighted by Crippen LogP contribution is 2.29. The Morgan fingerprint density at radius 3 is 2.40 bits per heavy atom. The van der Waals surface area contributed by atoms with Gasteiger partial charge < -0.3 is 10.1 Å². The number of nitrogens with zero attached hydrogens (tertiary/aromatic N) is 2. The second kappa shape index (κ2) is 8.39. The van der Waals surface area contributed by atoms with E-state index in [4.69, 9.17) is 16.3 Å². The molecule has 0 saturated heterocycles. The van der Waals surface area contributed by atoms with Gasteiger partial charge in [-0.05, 0) is 42.5 Å². The van der Waals surface area contributed by atoms with Gasteiger partial charge in [0.15, 0.2) is 0 Å². The standard InChI is InChI=1S/C23H18ClN3O3/c1-27-23(29)18-7-3-2-6-17(18)20(26-27)14-22(28)25-15-10-12-16(13-11-15)30-21-9-5-4-8-19(21)24/h2-13H,14H2,1H3,(H,25,28). The van der Waals surface area contributed by atoms with Gasteiger partial charge in [-0.1, -0.05) is 41.9 Å². The number of hydrogen-bond acceptors (Lipinski definition) is 4. The van der Waals surface area contributed by atoms with E-state index in [2.05, 4.69) is 10.4 Å². The molecule has 6 nitrogen and oxygen atoms in total. The molecule has 7 heteroatoms. The lowest BCUT2D eigenvalue weighted by molar-refractivity contribution is -0.115. The topological polar surface area (TPSA) is 73.2 Å². The fourth-order valence-electron chi connectivity index (χ4n) is 3.12. The van der Waals surface area contributed by atoms with E-state index in [9.17, 15) is 9.59 Å². The smallest absolute Gasteiger partial charge is 0.274 e. The number of halogens is 1. The second-order valence-corrected chi connectivity index (χ2v) is 7.11. The molecule has 0 bridgehead atoms. The lowest BCUT2D eigenvalue weighted by atomic mass is 10.1. The van der Waals surface area contributed by atoms with Crippen LogP contribution in [-0.2, 0) is 18.3 Å². The normalized spacial score (nSPS) is 10.7. The summed E-state index contributed by atoms with van der Waals surface area (Å²) in [4.78, 5) is 24.8. The first kappa shape index (κ1) is 19.7. The van der Waals surface area contributed by atoms with Crippen LogP contribution in [0.2, 0.25) is 5.02 Å². The Hall–Kier alpha value is -3.64. The maximum atomic E-state index is 12.6. The number of rotatable bonds is 5. The molecule has 150 valence electrons. The van der Waals surface area contributed by atoms with Gasteiger partial charge in [-0.25, -0.2) is 4.68 Å². The van der Waals surface area contributed by atoms with Gasteiger partial charge in [0.25, 0.3) is 5.56 Å². The maximum absolute atomic E-state index is 12.6. The summed E-state index contributed by atoms with van der Waals surface area (Å²) in [5.41, 5.74) is 0.980. The van der Waals surface area contributed by atoms with Crippen LogP contribution in [0.1, 0.15) is 5.69 Å². The number of nitrogens with one attached hydrogen (secondary N) is 1. The van der Waals surface area contributed by atoms with Crippen molar-refractivity contribution in [2.75, 3.05) is 5.32 Å². The van der Waals surface area contributed by atoms with Gasteiger partial charge in [0.05, 0.1) is 22.5 Å². The summed E-state index contributed by atoms with van der Waals surface area (Å²) < 4.78 is 7.01. The zero-order valence-corrected chi connectivity index (χ0v) is 16.9. The highest BCUT2D eigenvalue weighted by atomic mass is 35.5. The summed E-state index contributed by atoms with van der Waals surface area (Å²) in [5, 5.41) is 8.85. The van der Waals surface area contributed by atoms with Gasteiger partial charge in [-0.2, -0.15) is 5.10 Å². The molecule has 1 amide bonds. The Balaban J connectivity index is 1.47. The van der Waals surface area contributed by atoms with Crippen molar-refractivity contribution in [2.24, 2.45) is 7.05 Å². The molecule has 0 unspecified atom stereocenters. The minimum absolute atomic E-state index is 0.0481. The van der Waals surface area contributed by atoms with E-state index in [-0.39, 0.29) is 17.9 Å². The van der Waals surface area contributed by atoms with Gasteiger partial charge in [-0.3, -0.25) is 9.59 Å². The van der Waals surface area contributed by atoms with Gasteiger partial charge in [-0.15, -0.1) is 0 Å². The lowest BCUT2D eigenvalue weighted by Gasteiger charge is -2.10. The fraction of sp³-hybridized carbons (Fsp3) is 0.0870. The molecule has 0 aliphatic heterocycles. The van der Waals surface area contributed by atoms with Gasteiger partial charge in [0.2, 0.25) is 5.91 Å². The van der Waals surface area contributed by atoms with Crippen LogP contribution in [0.4, 0.5) is 5.69 Å². The van der Waals surface area contributed by atoms with Crippen molar-refractivity contribution < 1.29 is 9.53 Å². The summed E-state index contributed by atoms with van der Waals surface area (Å²) in [6, 6.07) is 21.3. The maximum Gasteiger partial charge on any atom is 0.274 e. The Labute approximate surface area is 177 Å². The number of ether oxygens (including phenoxy) is 1. The van der Waals surface area contributed by atoms with Crippen LogP contribution in [0.5, 0.6) is 11.5 Å². The number of amides is 1. The number of carbonyl (C=O) groups is 1. The van der Waals surface area contributed by atoms with Crippen molar-refractivity contribution in [3.05, 3.63) is 93.9 Å². The molecule has 0 atom stereocenters. The van der Waals surface area contributed by atoms with Crippen LogP contribution < -0.4 is 15.6 Å². The molecule has 4 rings (SSSR count). The number of benzene rings is 3. The highest BCUT2D eigenvalue weighted by molar-refractivity contribution is 6.32. The van der Waals surface area contributed by atoms with Crippen molar-refractivity contribution in [1.29, 1.82) is 0 Å². The first-order valence-corrected chi connectivity index (χ1v) is 9.66. The number of anilines is 1. The fourth-order valence-corrected chi connectivity index (χ4v) is 3.30. The van der Waals surface area contributed by atoms with E-state index in [1.54, 1.807) is 61.6 Å². The minimum atomic E-state index is -0.230. The minimum Gasteiger partial charge on any atom is -0.456 e. The number of aromatic nitrogens is 2. The summed E-state index contributed by atoms with van der Waals surface area (Å²) in [7, 11) is 1.58. The largest absolute Gasteiger partial charge is 0.456 e. The molecule has 3 aromatic carbocycles. The predicted octanol–water partition coefficient (Wildman–Crippen LogP) is 4.56. The van der Waals surface area contributed by atoms with Crippen LogP contribution in [0.25, 0.3) is 10.8 Å². The van der Waals surface area contributed by atoms with Crippen molar-refractivity contribution in [2.45, 2.75) is 6.42 Å². The molecular weight excluding hydrogens is 402 g/mol. The molecule has 0 aliphatic carbocycles. The Morgan fingerprint density at radius 2 is 1.67 bits per heavy atom. The summed E-state index contributed by atoms with van der Waals surface area (Å²) >= 11 is 6.10. The predicted molar refractivity (Wildman–Crippen MR) is 117 cm³/mol. The number of carbonyl (C=O) groups excluding carboxylic acids is 1. The van der Waals surface area contributed by atoms with Crippen molar-refractivity contribution in [3.8, 4) is 11.5 Å². The molecule has 0 radical (unpaired) electrons. The Morgan fingerprint density at radius 1 is 1.00 bits per heavy atom. The molecule has 30 heavy (non-hydrogen) atoms. The van der Waals surface area contributed by atoms with Gasteiger partial charge in [0.1, 0.15) is 11.5 Å². The molecule has 1 aromatic heterocycles. The third-order valence-electron chi connectivity index (χ3n) is 4.56. The van der Waals surface area contributed by atoms with Crippen LogP contribution in [-0.4, -0.2) is 15.7 Å². The van der Waals surface area contributed by atoms with Crippen molar-refractivity contribution >= 4 is 34.0 Å². The molecular formula is C23H18ClN3O3. The van der Waals surface area contributed by atoms with Crippen LogP contribution in [0.3, 0.4) is 0 Å². The highest BCUT2D eigenvalue weighted by Gasteiger charge is 2.12. The molecule has 0 fully saturated rings. The lowest BCUT2D eigenvalue weighted by Crippen LogP contribution is -2.24. The number of para-hydroxylation sites is 1. The van der Waals surface area contributed by atoms with Crippen molar-refractivity contribution in [1.82, 2.24) is 9.78 Å². The zero-order chi connectivity index (χ0) is 21.1. The van der Waals surface area contributed by atoms with Gasteiger partial charge in [0, 0.05) is 18.1 Å². The van der Waals surface area contributed by atoms with Crippen LogP contribution >= 0.6 is 11.6 Å². The Bertz CT molecular complexity index is 1280. The average molecular weight is 420 g/mol. The van der Waals surface area contributed by atoms with E-state index in [0.29, 0.717) is 38.7 Å². The second-order valence-electron chi connectivity index (χ2n) is 6.70. The quantitative estimate of drug-likeness (QED) is 0.514. The number of fused-ring (bicyclic) bond motifs is 1. The molecule has 1 heterocycles. The first-order valence-electron chi connectivity index (χ1n) is 9.28. The number of aryl methyl sites for hydroxylation is 1. The molecule has 4 aromatic rings. The number of hydrogen-bond donors (Lipinski definition) is 1. The molecule has 0 aliphatic rings. The third-order valence-corrected chi connectivity index (χ3v) is 4.88. The van der Waals surface area contributed by atoms with E-state index in [1.807, 2.05) is 18.2 Å². The van der Waals surface area contributed by atoms with E-state index in [1.165, 1.54) is 4.68 Å². The van der Waals surface area contributed by atoms with Gasteiger partial charge >= 0.3 is 0 Å². The zero-order valence-electron chi connectivity index (χ0n) is 16.1. The third kappa shape index (κ3) is 4.18.